The van der Waals surface area contributed by atoms with Crippen LogP contribution < -0.4 is 10.6 Å². The van der Waals surface area contributed by atoms with Gasteiger partial charge in [0.1, 0.15) is 5.69 Å². The zero-order valence-electron chi connectivity index (χ0n) is 10.7. The molecule has 0 aliphatic rings. The van der Waals surface area contributed by atoms with Crippen molar-refractivity contribution in [1.82, 2.24) is 20.6 Å². The van der Waals surface area contributed by atoms with Gasteiger partial charge in [-0.1, -0.05) is 6.07 Å². The van der Waals surface area contributed by atoms with Gasteiger partial charge in [0.05, 0.1) is 11.1 Å². The molecule has 0 saturated carbocycles. The number of aromatic nitrogens is 2. The van der Waals surface area contributed by atoms with Crippen LogP contribution in [-0.2, 0) is 0 Å². The molecule has 0 aromatic carbocycles. The summed E-state index contributed by atoms with van der Waals surface area (Å²) < 4.78 is 0. The standard InChI is InChI=1S/C13H14N4O2S/c18-12(10-9-14-6-7-15-10)16-4-2-5-17-13(19)11-3-1-8-20-11/h1,3,6-9H,2,4-5H2,(H,16,18)(H,17,19). The first-order valence-corrected chi connectivity index (χ1v) is 7.01. The van der Waals surface area contributed by atoms with E-state index >= 15 is 0 Å². The van der Waals surface area contributed by atoms with Crippen LogP contribution in [0.5, 0.6) is 0 Å². The molecule has 0 unspecified atom stereocenters. The van der Waals surface area contributed by atoms with Crippen molar-refractivity contribution in [3.05, 3.63) is 46.7 Å². The highest BCUT2D eigenvalue weighted by Crippen LogP contribution is 2.07. The maximum absolute atomic E-state index is 11.6. The van der Waals surface area contributed by atoms with Gasteiger partial charge in [-0.25, -0.2) is 4.98 Å². The molecule has 104 valence electrons. The van der Waals surface area contributed by atoms with Crippen LogP contribution in [0.2, 0.25) is 0 Å². The fourth-order valence-corrected chi connectivity index (χ4v) is 2.13. The lowest BCUT2D eigenvalue weighted by atomic mass is 10.3. The predicted molar refractivity (Wildman–Crippen MR) is 75.6 cm³/mol. The zero-order chi connectivity index (χ0) is 14.2. The Labute approximate surface area is 120 Å². The molecule has 2 N–H and O–H groups in total. The Hall–Kier alpha value is -2.28. The highest BCUT2D eigenvalue weighted by Gasteiger charge is 2.07. The molecule has 0 fully saturated rings. The van der Waals surface area contributed by atoms with E-state index in [9.17, 15) is 9.59 Å². The first kappa shape index (κ1) is 14.1. The number of nitrogens with one attached hydrogen (secondary N) is 2. The van der Waals surface area contributed by atoms with Crippen molar-refractivity contribution in [2.75, 3.05) is 13.1 Å². The summed E-state index contributed by atoms with van der Waals surface area (Å²) in [7, 11) is 0. The first-order valence-electron chi connectivity index (χ1n) is 6.13. The van der Waals surface area contributed by atoms with Crippen molar-refractivity contribution in [3.8, 4) is 0 Å². The summed E-state index contributed by atoms with van der Waals surface area (Å²) in [4.78, 5) is 31.7. The molecule has 6 nitrogen and oxygen atoms in total. The molecular formula is C13H14N4O2S. The topological polar surface area (TPSA) is 84.0 Å². The molecule has 0 atom stereocenters. The highest BCUT2D eigenvalue weighted by molar-refractivity contribution is 7.12. The summed E-state index contributed by atoms with van der Waals surface area (Å²) in [5.74, 6) is -0.345. The average molecular weight is 290 g/mol. The maximum Gasteiger partial charge on any atom is 0.271 e. The largest absolute Gasteiger partial charge is 0.351 e. The van der Waals surface area contributed by atoms with Gasteiger partial charge in [0.2, 0.25) is 0 Å². The number of rotatable bonds is 6. The fourth-order valence-electron chi connectivity index (χ4n) is 1.49. The summed E-state index contributed by atoms with van der Waals surface area (Å²) in [5.41, 5.74) is 0.287. The Morgan fingerprint density at radius 2 is 1.95 bits per heavy atom. The third-order valence-electron chi connectivity index (χ3n) is 2.47. The normalized spacial score (nSPS) is 10.0. The Kier molecular flexibility index (Phi) is 5.19. The minimum Gasteiger partial charge on any atom is -0.351 e. The molecule has 2 heterocycles. The van der Waals surface area contributed by atoms with Crippen LogP contribution in [-0.4, -0.2) is 34.9 Å². The zero-order valence-corrected chi connectivity index (χ0v) is 11.5. The highest BCUT2D eigenvalue weighted by atomic mass is 32.1. The number of hydrogen-bond donors (Lipinski definition) is 2. The van der Waals surface area contributed by atoms with Gasteiger partial charge in [-0.2, -0.15) is 0 Å². The number of carbonyl (C=O) groups excluding carboxylic acids is 2. The number of thiophene rings is 1. The second-order valence-corrected chi connectivity index (χ2v) is 4.88. The van der Waals surface area contributed by atoms with E-state index in [0.29, 0.717) is 24.4 Å². The Morgan fingerprint density at radius 3 is 2.60 bits per heavy atom. The number of nitrogens with zero attached hydrogens (tertiary/aromatic N) is 2. The van der Waals surface area contributed by atoms with E-state index in [0.717, 1.165) is 0 Å². The second kappa shape index (κ2) is 7.34. The quantitative estimate of drug-likeness (QED) is 0.780. The molecule has 0 aliphatic carbocycles. The minimum absolute atomic E-state index is 0.0831. The summed E-state index contributed by atoms with van der Waals surface area (Å²) in [6.45, 7) is 0.984. The molecule has 2 aromatic rings. The molecule has 0 saturated heterocycles. The molecule has 0 aliphatic heterocycles. The third kappa shape index (κ3) is 4.13. The summed E-state index contributed by atoms with van der Waals surface area (Å²) in [5, 5.41) is 7.37. The van der Waals surface area contributed by atoms with Gasteiger partial charge in [-0.3, -0.25) is 14.6 Å². The summed E-state index contributed by atoms with van der Waals surface area (Å²) >= 11 is 1.40. The minimum atomic E-state index is -0.261. The van der Waals surface area contributed by atoms with Crippen LogP contribution in [0.3, 0.4) is 0 Å². The summed E-state index contributed by atoms with van der Waals surface area (Å²) in [6, 6.07) is 3.61. The fraction of sp³-hybridized carbons (Fsp3) is 0.231. The van der Waals surface area contributed by atoms with Crippen LogP contribution >= 0.6 is 11.3 Å². The molecule has 0 radical (unpaired) electrons. The Balaban J connectivity index is 1.62. The van der Waals surface area contributed by atoms with E-state index in [2.05, 4.69) is 20.6 Å². The molecule has 0 spiro atoms. The van der Waals surface area contributed by atoms with Crippen LogP contribution in [0.15, 0.2) is 36.1 Å². The van der Waals surface area contributed by atoms with Crippen molar-refractivity contribution in [2.24, 2.45) is 0 Å². The van der Waals surface area contributed by atoms with Crippen molar-refractivity contribution in [1.29, 1.82) is 0 Å². The summed E-state index contributed by atoms with van der Waals surface area (Å²) in [6.07, 6.45) is 5.05. The molecule has 2 amide bonds. The van der Waals surface area contributed by atoms with Crippen molar-refractivity contribution < 1.29 is 9.59 Å². The van der Waals surface area contributed by atoms with Crippen molar-refractivity contribution in [2.45, 2.75) is 6.42 Å². The molecule has 0 bridgehead atoms. The van der Waals surface area contributed by atoms with Crippen LogP contribution in [0, 0.1) is 0 Å². The third-order valence-corrected chi connectivity index (χ3v) is 3.33. The van der Waals surface area contributed by atoms with Crippen LogP contribution in [0.1, 0.15) is 26.6 Å². The van der Waals surface area contributed by atoms with E-state index in [1.165, 1.54) is 29.9 Å². The second-order valence-electron chi connectivity index (χ2n) is 3.93. The van der Waals surface area contributed by atoms with E-state index in [4.69, 9.17) is 0 Å². The molecule has 20 heavy (non-hydrogen) atoms. The van der Waals surface area contributed by atoms with E-state index in [1.807, 2.05) is 11.4 Å². The molecule has 7 heteroatoms. The van der Waals surface area contributed by atoms with E-state index in [-0.39, 0.29) is 17.5 Å². The van der Waals surface area contributed by atoms with E-state index in [1.54, 1.807) is 6.07 Å². The van der Waals surface area contributed by atoms with Gasteiger partial charge in [0.25, 0.3) is 11.8 Å². The van der Waals surface area contributed by atoms with Crippen LogP contribution in [0.4, 0.5) is 0 Å². The maximum atomic E-state index is 11.6. The lowest BCUT2D eigenvalue weighted by Gasteiger charge is -2.05. The first-order chi connectivity index (χ1) is 9.77. The van der Waals surface area contributed by atoms with Gasteiger partial charge in [0, 0.05) is 25.5 Å². The number of amides is 2. The van der Waals surface area contributed by atoms with Gasteiger partial charge < -0.3 is 10.6 Å². The number of hydrogen-bond acceptors (Lipinski definition) is 5. The number of carbonyl (C=O) groups is 2. The Morgan fingerprint density at radius 1 is 1.15 bits per heavy atom. The van der Waals surface area contributed by atoms with Gasteiger partial charge in [-0.15, -0.1) is 11.3 Å². The van der Waals surface area contributed by atoms with Crippen LogP contribution in [0.25, 0.3) is 0 Å². The molecule has 2 rings (SSSR count). The van der Waals surface area contributed by atoms with Crippen molar-refractivity contribution >= 4 is 23.2 Å². The SMILES string of the molecule is O=C(NCCCNC(=O)c1cccs1)c1cnccn1. The van der Waals surface area contributed by atoms with Gasteiger partial charge >= 0.3 is 0 Å². The molecular weight excluding hydrogens is 276 g/mol. The van der Waals surface area contributed by atoms with Gasteiger partial charge in [0.15, 0.2) is 0 Å². The monoisotopic (exact) mass is 290 g/mol. The van der Waals surface area contributed by atoms with Gasteiger partial charge in [-0.05, 0) is 17.9 Å². The smallest absolute Gasteiger partial charge is 0.271 e. The van der Waals surface area contributed by atoms with Crippen molar-refractivity contribution in [3.63, 3.8) is 0 Å². The predicted octanol–water partition coefficient (Wildman–Crippen LogP) is 1.09. The Bertz CT molecular complexity index is 557. The molecule has 2 aromatic heterocycles. The lowest BCUT2D eigenvalue weighted by molar-refractivity contribution is 0.0947. The average Bonchev–Trinajstić information content (AvgIpc) is 3.01. The van der Waals surface area contributed by atoms with E-state index < -0.39 is 0 Å². The lowest BCUT2D eigenvalue weighted by Crippen LogP contribution is -2.30.